The highest BCUT2D eigenvalue weighted by atomic mass is 14.7. The van der Waals surface area contributed by atoms with Crippen LogP contribution in [0.1, 0.15) is 64.4 Å². The van der Waals surface area contributed by atoms with E-state index in [4.69, 9.17) is 0 Å². The molecule has 4 bridgehead atoms. The average molecular weight is 254 g/mol. The molecule has 4 unspecified atom stereocenters. The van der Waals surface area contributed by atoms with E-state index in [1.54, 1.807) is 5.56 Å². The second-order valence-electron chi connectivity index (χ2n) is 8.32. The molecular weight excluding hydrogens is 228 g/mol. The molecule has 4 saturated carbocycles. The molecule has 19 heavy (non-hydrogen) atoms. The van der Waals surface area contributed by atoms with Crippen molar-refractivity contribution in [3.8, 4) is 0 Å². The van der Waals surface area contributed by atoms with Gasteiger partial charge < -0.3 is 0 Å². The summed E-state index contributed by atoms with van der Waals surface area (Å²) in [7, 11) is 0. The molecule has 0 aromatic heterocycles. The van der Waals surface area contributed by atoms with Gasteiger partial charge in [0.05, 0.1) is 0 Å². The summed E-state index contributed by atoms with van der Waals surface area (Å²) in [5.74, 6) is 1.00. The van der Waals surface area contributed by atoms with E-state index < -0.39 is 0 Å². The lowest BCUT2D eigenvalue weighted by Crippen LogP contribution is -2.57. The third-order valence-corrected chi connectivity index (χ3v) is 6.60. The lowest BCUT2D eigenvalue weighted by molar-refractivity contribution is -0.120. The Morgan fingerprint density at radius 1 is 1.00 bits per heavy atom. The van der Waals surface area contributed by atoms with Gasteiger partial charge in [-0.25, -0.2) is 0 Å². The molecule has 0 nitrogen and oxygen atoms in total. The van der Waals surface area contributed by atoms with Crippen molar-refractivity contribution < 1.29 is 0 Å². The summed E-state index contributed by atoms with van der Waals surface area (Å²) in [6.07, 6.45) is 10.3. The van der Waals surface area contributed by atoms with Crippen molar-refractivity contribution in [1.29, 1.82) is 0 Å². The Morgan fingerprint density at radius 3 is 2.47 bits per heavy atom. The molecule has 102 valence electrons. The molecule has 0 amide bonds. The molecule has 0 radical (unpaired) electrons. The van der Waals surface area contributed by atoms with Gasteiger partial charge in [-0.05, 0) is 66.3 Å². The average Bonchev–Trinajstić information content (AvgIpc) is 2.37. The summed E-state index contributed by atoms with van der Waals surface area (Å²) >= 11 is 0. The SMILES string of the molecule is CCC12CC3CC(C)(C1)CC(c1ccccc1)(C3)C2. The van der Waals surface area contributed by atoms with E-state index >= 15 is 0 Å². The Bertz CT molecular complexity index is 490. The van der Waals surface area contributed by atoms with Gasteiger partial charge in [-0.1, -0.05) is 50.6 Å². The van der Waals surface area contributed by atoms with Crippen molar-refractivity contribution in [3.05, 3.63) is 35.9 Å². The molecule has 0 heteroatoms. The Kier molecular flexibility index (Phi) is 2.31. The van der Waals surface area contributed by atoms with Gasteiger partial charge in [0.1, 0.15) is 0 Å². The van der Waals surface area contributed by atoms with E-state index in [0.717, 1.165) is 5.92 Å². The summed E-state index contributed by atoms with van der Waals surface area (Å²) in [6.45, 7) is 5.02. The monoisotopic (exact) mass is 254 g/mol. The summed E-state index contributed by atoms with van der Waals surface area (Å²) in [5.41, 5.74) is 3.46. The largest absolute Gasteiger partial charge is 0.0649 e. The summed E-state index contributed by atoms with van der Waals surface area (Å²) in [6, 6.07) is 11.5. The van der Waals surface area contributed by atoms with Crippen molar-refractivity contribution in [2.24, 2.45) is 16.7 Å². The summed E-state index contributed by atoms with van der Waals surface area (Å²) in [5, 5.41) is 0. The highest BCUT2D eigenvalue weighted by Crippen LogP contribution is 2.70. The zero-order chi connectivity index (χ0) is 13.1. The Balaban J connectivity index is 1.82. The van der Waals surface area contributed by atoms with Gasteiger partial charge in [0.2, 0.25) is 0 Å². The topological polar surface area (TPSA) is 0 Å². The molecule has 4 aliphatic carbocycles. The molecule has 5 rings (SSSR count). The maximum atomic E-state index is 2.58. The number of benzene rings is 1. The van der Waals surface area contributed by atoms with E-state index in [1.165, 1.54) is 44.9 Å². The van der Waals surface area contributed by atoms with Gasteiger partial charge in [-0.3, -0.25) is 0 Å². The molecule has 0 saturated heterocycles. The van der Waals surface area contributed by atoms with Gasteiger partial charge in [-0.15, -0.1) is 0 Å². The molecule has 0 N–H and O–H groups in total. The van der Waals surface area contributed by atoms with E-state index in [2.05, 4.69) is 44.2 Å². The fourth-order valence-electron chi connectivity index (χ4n) is 6.65. The molecule has 4 fully saturated rings. The van der Waals surface area contributed by atoms with Gasteiger partial charge >= 0.3 is 0 Å². The van der Waals surface area contributed by atoms with E-state index in [-0.39, 0.29) is 0 Å². The van der Waals surface area contributed by atoms with Gasteiger partial charge in [0, 0.05) is 0 Å². The third-order valence-electron chi connectivity index (χ3n) is 6.60. The van der Waals surface area contributed by atoms with Crippen molar-refractivity contribution >= 4 is 0 Å². The molecule has 0 aliphatic heterocycles. The molecule has 4 atom stereocenters. The quantitative estimate of drug-likeness (QED) is 0.669. The summed E-state index contributed by atoms with van der Waals surface area (Å²) in [4.78, 5) is 0. The number of hydrogen-bond donors (Lipinski definition) is 0. The first kappa shape index (κ1) is 12.0. The van der Waals surface area contributed by atoms with Gasteiger partial charge in [0.25, 0.3) is 0 Å². The van der Waals surface area contributed by atoms with E-state index in [1.807, 2.05) is 0 Å². The van der Waals surface area contributed by atoms with Crippen molar-refractivity contribution in [3.63, 3.8) is 0 Å². The summed E-state index contributed by atoms with van der Waals surface area (Å²) < 4.78 is 0. The van der Waals surface area contributed by atoms with Crippen LogP contribution in [-0.4, -0.2) is 0 Å². The van der Waals surface area contributed by atoms with Crippen LogP contribution in [0.15, 0.2) is 30.3 Å². The zero-order valence-electron chi connectivity index (χ0n) is 12.4. The van der Waals surface area contributed by atoms with Crippen LogP contribution in [0.4, 0.5) is 0 Å². The maximum absolute atomic E-state index is 2.58. The first-order valence-electron chi connectivity index (χ1n) is 8.13. The van der Waals surface area contributed by atoms with Gasteiger partial charge in [0.15, 0.2) is 0 Å². The predicted molar refractivity (Wildman–Crippen MR) is 80.1 cm³/mol. The molecule has 1 aromatic rings. The first-order valence-corrected chi connectivity index (χ1v) is 8.13. The molecule has 1 aromatic carbocycles. The normalized spacial score (nSPS) is 47.6. The second-order valence-corrected chi connectivity index (χ2v) is 8.32. The third kappa shape index (κ3) is 1.65. The Labute approximate surface area is 117 Å². The van der Waals surface area contributed by atoms with E-state index in [9.17, 15) is 0 Å². The highest BCUT2D eigenvalue weighted by Gasteiger charge is 2.61. The highest BCUT2D eigenvalue weighted by molar-refractivity contribution is 5.31. The van der Waals surface area contributed by atoms with Crippen LogP contribution in [0.5, 0.6) is 0 Å². The van der Waals surface area contributed by atoms with Gasteiger partial charge in [-0.2, -0.15) is 0 Å². The molecule has 0 heterocycles. The fourth-order valence-corrected chi connectivity index (χ4v) is 6.65. The Morgan fingerprint density at radius 2 is 1.79 bits per heavy atom. The molecular formula is C19H26. The maximum Gasteiger partial charge on any atom is -0.00339 e. The van der Waals surface area contributed by atoms with Crippen molar-refractivity contribution in [2.45, 2.75) is 64.2 Å². The van der Waals surface area contributed by atoms with Crippen LogP contribution in [0, 0.1) is 16.7 Å². The number of hydrogen-bond acceptors (Lipinski definition) is 0. The van der Waals surface area contributed by atoms with Crippen LogP contribution in [0.3, 0.4) is 0 Å². The standard InChI is InChI=1S/C19H26/c1-3-18-10-15-9-17(2,12-18)13-19(11-15,14-18)16-7-5-4-6-8-16/h4-8,15H,3,9-14H2,1-2H3. The predicted octanol–water partition coefficient (Wildman–Crippen LogP) is 5.32. The minimum absolute atomic E-state index is 0.519. The minimum atomic E-state index is 0.519. The lowest BCUT2D eigenvalue weighted by atomic mass is 9.38. The first-order chi connectivity index (χ1) is 9.07. The zero-order valence-corrected chi connectivity index (χ0v) is 12.4. The van der Waals surface area contributed by atoms with Crippen LogP contribution >= 0.6 is 0 Å². The smallest absolute Gasteiger partial charge is 0.00339 e. The number of rotatable bonds is 2. The fraction of sp³-hybridized carbons (Fsp3) is 0.684. The van der Waals surface area contributed by atoms with Crippen molar-refractivity contribution in [2.75, 3.05) is 0 Å². The van der Waals surface area contributed by atoms with Crippen molar-refractivity contribution in [1.82, 2.24) is 0 Å². The molecule has 4 aliphatic rings. The van der Waals surface area contributed by atoms with E-state index in [0.29, 0.717) is 16.2 Å². The second kappa shape index (κ2) is 3.65. The Hall–Kier alpha value is -0.780. The lowest BCUT2D eigenvalue weighted by Gasteiger charge is -2.66. The van der Waals surface area contributed by atoms with Crippen LogP contribution < -0.4 is 0 Å². The van der Waals surface area contributed by atoms with Crippen LogP contribution in [0.2, 0.25) is 0 Å². The van der Waals surface area contributed by atoms with Crippen LogP contribution in [0.25, 0.3) is 0 Å². The van der Waals surface area contributed by atoms with Crippen LogP contribution in [-0.2, 0) is 5.41 Å². The molecule has 0 spiro atoms. The minimum Gasteiger partial charge on any atom is -0.0649 e.